The van der Waals surface area contributed by atoms with Gasteiger partial charge in [-0.2, -0.15) is 4.99 Å². The van der Waals surface area contributed by atoms with Crippen molar-refractivity contribution in [2.24, 2.45) is 4.99 Å². The van der Waals surface area contributed by atoms with Crippen LogP contribution in [0.3, 0.4) is 0 Å². The highest BCUT2D eigenvalue weighted by Crippen LogP contribution is 2.25. The van der Waals surface area contributed by atoms with E-state index < -0.39 is 5.91 Å². The standard InChI is InChI=1S/C19H19ClN2O4S/c1-24-9-8-22-15-6-4-12(20)10-17(15)27-19(22)21-18(23)14-11-13(25-2)5-7-16(14)26-3/h4-7,10-11H,8-9H2,1-3H3. The largest absolute Gasteiger partial charge is 0.497 e. The zero-order valence-corrected chi connectivity index (χ0v) is 16.8. The molecule has 0 aliphatic heterocycles. The third-order valence-corrected chi connectivity index (χ3v) is 5.27. The van der Waals surface area contributed by atoms with Gasteiger partial charge in [0.15, 0.2) is 4.80 Å². The summed E-state index contributed by atoms with van der Waals surface area (Å²) in [5.41, 5.74) is 1.29. The summed E-state index contributed by atoms with van der Waals surface area (Å²) in [7, 11) is 4.69. The van der Waals surface area contributed by atoms with Crippen LogP contribution in [0.1, 0.15) is 10.4 Å². The first-order chi connectivity index (χ1) is 13.1. The molecule has 0 bridgehead atoms. The molecule has 1 amide bonds. The number of benzene rings is 2. The van der Waals surface area contributed by atoms with Gasteiger partial charge in [-0.1, -0.05) is 22.9 Å². The maximum absolute atomic E-state index is 12.9. The van der Waals surface area contributed by atoms with Gasteiger partial charge in [0.1, 0.15) is 11.5 Å². The molecule has 0 N–H and O–H groups in total. The number of fused-ring (bicyclic) bond motifs is 1. The third kappa shape index (κ3) is 4.16. The number of nitrogens with zero attached hydrogens (tertiary/aromatic N) is 2. The fourth-order valence-electron chi connectivity index (χ4n) is 2.66. The molecule has 0 atom stereocenters. The molecule has 0 spiro atoms. The Kier molecular flexibility index (Phi) is 6.15. The summed E-state index contributed by atoms with van der Waals surface area (Å²) < 4.78 is 18.6. The van der Waals surface area contributed by atoms with Crippen molar-refractivity contribution in [2.45, 2.75) is 6.54 Å². The van der Waals surface area contributed by atoms with Gasteiger partial charge < -0.3 is 18.8 Å². The number of amides is 1. The first-order valence-electron chi connectivity index (χ1n) is 8.16. The Labute approximate surface area is 165 Å². The Bertz CT molecular complexity index is 1040. The highest BCUT2D eigenvalue weighted by molar-refractivity contribution is 7.16. The second kappa shape index (κ2) is 8.56. The van der Waals surface area contributed by atoms with E-state index >= 15 is 0 Å². The minimum absolute atomic E-state index is 0.339. The lowest BCUT2D eigenvalue weighted by molar-refractivity contribution is 0.0994. The first kappa shape index (κ1) is 19.4. The predicted octanol–water partition coefficient (Wildman–Crippen LogP) is 3.76. The van der Waals surface area contributed by atoms with E-state index in [4.69, 9.17) is 25.8 Å². The number of ether oxygens (including phenoxy) is 3. The molecule has 0 aliphatic rings. The van der Waals surface area contributed by atoms with E-state index in [2.05, 4.69) is 4.99 Å². The summed E-state index contributed by atoms with van der Waals surface area (Å²) >= 11 is 7.50. The van der Waals surface area contributed by atoms with Crippen molar-refractivity contribution < 1.29 is 19.0 Å². The summed E-state index contributed by atoms with van der Waals surface area (Å²) in [6, 6.07) is 10.6. The van der Waals surface area contributed by atoms with E-state index in [1.807, 2.05) is 22.8 Å². The minimum Gasteiger partial charge on any atom is -0.497 e. The molecule has 142 valence electrons. The second-order valence-corrected chi connectivity index (χ2v) is 7.07. The molecule has 0 unspecified atom stereocenters. The number of hydrogen-bond donors (Lipinski definition) is 0. The van der Waals surface area contributed by atoms with Crippen molar-refractivity contribution in [1.29, 1.82) is 0 Å². The van der Waals surface area contributed by atoms with Gasteiger partial charge in [-0.3, -0.25) is 4.79 Å². The molecule has 8 heteroatoms. The maximum Gasteiger partial charge on any atom is 0.283 e. The zero-order valence-electron chi connectivity index (χ0n) is 15.2. The molecule has 6 nitrogen and oxygen atoms in total. The molecule has 3 rings (SSSR count). The molecular weight excluding hydrogens is 388 g/mol. The summed E-state index contributed by atoms with van der Waals surface area (Å²) in [4.78, 5) is 17.8. The minimum atomic E-state index is -0.408. The molecule has 2 aromatic carbocycles. The molecule has 3 aromatic rings. The number of aromatic nitrogens is 1. The van der Waals surface area contributed by atoms with Crippen LogP contribution in [0.4, 0.5) is 0 Å². The number of carbonyl (C=O) groups is 1. The zero-order chi connectivity index (χ0) is 19.4. The SMILES string of the molecule is COCCn1c(=NC(=O)c2cc(OC)ccc2OC)sc2cc(Cl)ccc21. The van der Waals surface area contributed by atoms with Crippen molar-refractivity contribution in [3.8, 4) is 11.5 Å². The fraction of sp³-hybridized carbons (Fsp3) is 0.263. The number of thiazole rings is 1. The van der Waals surface area contributed by atoms with Gasteiger partial charge in [0.25, 0.3) is 5.91 Å². The number of hydrogen-bond acceptors (Lipinski definition) is 5. The van der Waals surface area contributed by atoms with Crippen molar-refractivity contribution in [1.82, 2.24) is 4.57 Å². The summed E-state index contributed by atoms with van der Waals surface area (Å²) in [5, 5.41) is 0.634. The fourth-order valence-corrected chi connectivity index (χ4v) is 3.99. The van der Waals surface area contributed by atoms with Gasteiger partial charge in [0.05, 0.1) is 36.6 Å². The van der Waals surface area contributed by atoms with Crippen LogP contribution in [-0.2, 0) is 11.3 Å². The van der Waals surface area contributed by atoms with E-state index in [0.717, 1.165) is 10.2 Å². The number of rotatable bonds is 6. The molecule has 0 radical (unpaired) electrons. The number of methoxy groups -OCH3 is 3. The molecular formula is C19H19ClN2O4S. The average molecular weight is 407 g/mol. The topological polar surface area (TPSA) is 62.1 Å². The second-order valence-electron chi connectivity index (χ2n) is 5.62. The lowest BCUT2D eigenvalue weighted by atomic mass is 10.2. The van der Waals surface area contributed by atoms with Crippen molar-refractivity contribution >= 4 is 39.1 Å². The Morgan fingerprint density at radius 1 is 1.15 bits per heavy atom. The van der Waals surface area contributed by atoms with Crippen LogP contribution >= 0.6 is 22.9 Å². The van der Waals surface area contributed by atoms with Gasteiger partial charge in [-0.15, -0.1) is 0 Å². The Morgan fingerprint density at radius 3 is 2.67 bits per heavy atom. The van der Waals surface area contributed by atoms with Gasteiger partial charge in [0, 0.05) is 18.7 Å². The molecule has 0 fully saturated rings. The van der Waals surface area contributed by atoms with Crippen LogP contribution in [0.25, 0.3) is 10.2 Å². The summed E-state index contributed by atoms with van der Waals surface area (Å²) in [5.74, 6) is 0.594. The van der Waals surface area contributed by atoms with E-state index in [-0.39, 0.29) is 0 Å². The lowest BCUT2D eigenvalue weighted by Gasteiger charge is -2.08. The molecule has 0 saturated heterocycles. The van der Waals surface area contributed by atoms with Crippen LogP contribution in [0.2, 0.25) is 5.02 Å². The smallest absolute Gasteiger partial charge is 0.283 e. The predicted molar refractivity (Wildman–Crippen MR) is 106 cm³/mol. The Hall–Kier alpha value is -2.35. The van der Waals surface area contributed by atoms with Gasteiger partial charge in [-0.05, 0) is 36.4 Å². The monoisotopic (exact) mass is 406 g/mol. The maximum atomic E-state index is 12.9. The van der Waals surface area contributed by atoms with E-state index in [0.29, 0.717) is 40.0 Å². The van der Waals surface area contributed by atoms with Crippen LogP contribution in [0.5, 0.6) is 11.5 Å². The van der Waals surface area contributed by atoms with Gasteiger partial charge in [0.2, 0.25) is 0 Å². The van der Waals surface area contributed by atoms with Crippen LogP contribution in [0.15, 0.2) is 41.4 Å². The first-order valence-corrected chi connectivity index (χ1v) is 9.35. The summed E-state index contributed by atoms with van der Waals surface area (Å²) in [6.45, 7) is 1.07. The van der Waals surface area contributed by atoms with E-state index in [9.17, 15) is 4.79 Å². The van der Waals surface area contributed by atoms with E-state index in [1.54, 1.807) is 32.4 Å². The average Bonchev–Trinajstić information content (AvgIpc) is 3.01. The van der Waals surface area contributed by atoms with Crippen molar-refractivity contribution in [3.05, 3.63) is 51.8 Å². The Balaban J connectivity index is 2.13. The molecule has 0 saturated carbocycles. The van der Waals surface area contributed by atoms with Crippen molar-refractivity contribution in [3.63, 3.8) is 0 Å². The molecule has 0 aliphatic carbocycles. The van der Waals surface area contributed by atoms with Crippen LogP contribution < -0.4 is 14.3 Å². The number of carbonyl (C=O) groups excluding carboxylic acids is 1. The van der Waals surface area contributed by atoms with Crippen LogP contribution in [-0.4, -0.2) is 38.4 Å². The van der Waals surface area contributed by atoms with Gasteiger partial charge in [-0.25, -0.2) is 0 Å². The molecule has 27 heavy (non-hydrogen) atoms. The van der Waals surface area contributed by atoms with Crippen LogP contribution in [0, 0.1) is 0 Å². The molecule has 1 heterocycles. The normalized spacial score (nSPS) is 11.8. The lowest BCUT2D eigenvalue weighted by Crippen LogP contribution is -2.19. The third-order valence-electron chi connectivity index (χ3n) is 4.00. The van der Waals surface area contributed by atoms with Crippen molar-refractivity contribution in [2.75, 3.05) is 27.9 Å². The Morgan fingerprint density at radius 2 is 1.96 bits per heavy atom. The highest BCUT2D eigenvalue weighted by atomic mass is 35.5. The van der Waals surface area contributed by atoms with Gasteiger partial charge >= 0.3 is 0 Å². The molecule has 1 aromatic heterocycles. The van der Waals surface area contributed by atoms with E-state index in [1.165, 1.54) is 18.4 Å². The number of halogens is 1. The highest BCUT2D eigenvalue weighted by Gasteiger charge is 2.15. The summed E-state index contributed by atoms with van der Waals surface area (Å²) in [6.07, 6.45) is 0. The quantitative estimate of drug-likeness (QED) is 0.625.